The first-order valence-corrected chi connectivity index (χ1v) is 5.83. The van der Waals surface area contributed by atoms with Gasteiger partial charge in [-0.25, -0.2) is 0 Å². The summed E-state index contributed by atoms with van der Waals surface area (Å²) in [5, 5.41) is 12.1. The van der Waals surface area contributed by atoms with Crippen molar-refractivity contribution in [2.45, 2.75) is 20.0 Å². The molecule has 0 bridgehead atoms. The third-order valence-corrected chi connectivity index (χ3v) is 2.48. The van der Waals surface area contributed by atoms with Crippen LogP contribution in [-0.4, -0.2) is 24.2 Å². The van der Waals surface area contributed by atoms with E-state index >= 15 is 0 Å². The van der Waals surface area contributed by atoms with Crippen molar-refractivity contribution in [3.8, 4) is 5.75 Å². The Hall–Kier alpha value is -1.81. The monoisotopic (exact) mass is 249 g/mol. The molecule has 0 saturated carbocycles. The Kier molecular flexibility index (Phi) is 5.39. The van der Waals surface area contributed by atoms with Crippen LogP contribution in [0.1, 0.15) is 24.2 Å². The van der Waals surface area contributed by atoms with Gasteiger partial charge in [0, 0.05) is 6.54 Å². The molecule has 98 valence electrons. The van der Waals surface area contributed by atoms with E-state index in [0.717, 1.165) is 11.1 Å². The van der Waals surface area contributed by atoms with Crippen LogP contribution in [0.3, 0.4) is 0 Å². The minimum Gasteiger partial charge on any atom is -0.484 e. The summed E-state index contributed by atoms with van der Waals surface area (Å²) in [6, 6.07) is 5.40. The molecule has 2 N–H and O–H groups in total. The van der Waals surface area contributed by atoms with Gasteiger partial charge in [-0.1, -0.05) is 12.1 Å². The first-order chi connectivity index (χ1) is 8.54. The predicted molar refractivity (Wildman–Crippen MR) is 70.5 cm³/mol. The number of hydrogen-bond acceptors (Lipinski definition) is 3. The highest BCUT2D eigenvalue weighted by Crippen LogP contribution is 2.22. The molecular weight excluding hydrogens is 230 g/mol. The molecule has 0 aliphatic rings. The van der Waals surface area contributed by atoms with Gasteiger partial charge in [-0.15, -0.1) is 6.58 Å². The molecule has 0 aromatic heterocycles. The van der Waals surface area contributed by atoms with Crippen LogP contribution in [0.2, 0.25) is 0 Å². The van der Waals surface area contributed by atoms with Gasteiger partial charge in [0.25, 0.3) is 5.91 Å². The van der Waals surface area contributed by atoms with Crippen molar-refractivity contribution in [3.05, 3.63) is 42.0 Å². The van der Waals surface area contributed by atoms with Gasteiger partial charge in [0.2, 0.25) is 0 Å². The third kappa shape index (κ3) is 4.22. The van der Waals surface area contributed by atoms with Crippen LogP contribution in [-0.2, 0) is 4.79 Å². The molecule has 1 atom stereocenters. The Bertz CT molecular complexity index is 427. The molecule has 1 amide bonds. The third-order valence-electron chi connectivity index (χ3n) is 2.48. The van der Waals surface area contributed by atoms with Crippen LogP contribution >= 0.6 is 0 Å². The quantitative estimate of drug-likeness (QED) is 0.755. The maximum Gasteiger partial charge on any atom is 0.258 e. The molecule has 4 nitrogen and oxygen atoms in total. The van der Waals surface area contributed by atoms with Crippen LogP contribution in [0.25, 0.3) is 0 Å². The number of hydrogen-bond donors (Lipinski definition) is 2. The second-order valence-corrected chi connectivity index (χ2v) is 4.08. The van der Waals surface area contributed by atoms with Crippen molar-refractivity contribution >= 4 is 5.91 Å². The smallest absolute Gasteiger partial charge is 0.258 e. The number of nitrogens with one attached hydrogen (secondary N) is 1. The van der Waals surface area contributed by atoms with E-state index in [1.807, 2.05) is 13.0 Å². The number of aliphatic hydroxyl groups excluding tert-OH is 1. The summed E-state index contributed by atoms with van der Waals surface area (Å²) in [5.74, 6) is 0.460. The van der Waals surface area contributed by atoms with Crippen LogP contribution < -0.4 is 10.1 Å². The van der Waals surface area contributed by atoms with Gasteiger partial charge in [0.05, 0.1) is 6.10 Å². The summed E-state index contributed by atoms with van der Waals surface area (Å²) in [5.41, 5.74) is 1.72. The van der Waals surface area contributed by atoms with E-state index in [0.29, 0.717) is 12.3 Å². The van der Waals surface area contributed by atoms with Crippen molar-refractivity contribution in [1.82, 2.24) is 5.32 Å². The Labute approximate surface area is 107 Å². The SMILES string of the molecule is C=CCNC(=O)COc1ccc([C@H](C)O)cc1C. The highest BCUT2D eigenvalue weighted by atomic mass is 16.5. The van der Waals surface area contributed by atoms with E-state index in [1.54, 1.807) is 25.1 Å². The number of carbonyl (C=O) groups is 1. The van der Waals surface area contributed by atoms with Gasteiger partial charge in [0.1, 0.15) is 5.75 Å². The van der Waals surface area contributed by atoms with E-state index < -0.39 is 6.10 Å². The summed E-state index contributed by atoms with van der Waals surface area (Å²) in [6.07, 6.45) is 1.11. The minimum atomic E-state index is -0.506. The molecule has 0 saturated heterocycles. The highest BCUT2D eigenvalue weighted by molar-refractivity contribution is 5.77. The summed E-state index contributed by atoms with van der Waals surface area (Å²) in [7, 11) is 0. The van der Waals surface area contributed by atoms with Crippen molar-refractivity contribution in [3.63, 3.8) is 0 Å². The van der Waals surface area contributed by atoms with E-state index in [1.165, 1.54) is 0 Å². The fourth-order valence-electron chi connectivity index (χ4n) is 1.47. The lowest BCUT2D eigenvalue weighted by molar-refractivity contribution is -0.122. The molecule has 1 rings (SSSR count). The molecule has 1 aromatic carbocycles. The van der Waals surface area contributed by atoms with Gasteiger partial charge < -0.3 is 15.2 Å². The molecule has 4 heteroatoms. The molecule has 0 radical (unpaired) electrons. The molecule has 0 spiro atoms. The average Bonchev–Trinajstić information content (AvgIpc) is 2.34. The summed E-state index contributed by atoms with van der Waals surface area (Å²) in [6.45, 7) is 7.50. The van der Waals surface area contributed by atoms with Gasteiger partial charge >= 0.3 is 0 Å². The first-order valence-electron chi connectivity index (χ1n) is 5.83. The van der Waals surface area contributed by atoms with Gasteiger partial charge in [-0.2, -0.15) is 0 Å². The average molecular weight is 249 g/mol. The Balaban J connectivity index is 2.57. The maximum atomic E-state index is 11.3. The van der Waals surface area contributed by atoms with Crippen LogP contribution in [0.4, 0.5) is 0 Å². The van der Waals surface area contributed by atoms with Crippen molar-refractivity contribution in [1.29, 1.82) is 0 Å². The fourth-order valence-corrected chi connectivity index (χ4v) is 1.47. The summed E-state index contributed by atoms with van der Waals surface area (Å²) in [4.78, 5) is 11.3. The predicted octanol–water partition coefficient (Wildman–Crippen LogP) is 1.73. The van der Waals surface area contributed by atoms with Crippen LogP contribution in [0.15, 0.2) is 30.9 Å². The summed E-state index contributed by atoms with van der Waals surface area (Å²) < 4.78 is 5.40. The minimum absolute atomic E-state index is 0.0251. The van der Waals surface area contributed by atoms with E-state index in [4.69, 9.17) is 4.74 Å². The first kappa shape index (κ1) is 14.3. The Morgan fingerprint density at radius 1 is 1.61 bits per heavy atom. The molecule has 0 fully saturated rings. The number of ether oxygens (including phenoxy) is 1. The van der Waals surface area contributed by atoms with E-state index in [9.17, 15) is 9.90 Å². The van der Waals surface area contributed by atoms with Gasteiger partial charge in [-0.3, -0.25) is 4.79 Å². The lowest BCUT2D eigenvalue weighted by Gasteiger charge is -2.11. The number of aryl methyl sites for hydroxylation is 1. The summed E-state index contributed by atoms with van der Waals surface area (Å²) >= 11 is 0. The van der Waals surface area contributed by atoms with Crippen molar-refractivity contribution in [2.75, 3.05) is 13.2 Å². The second kappa shape index (κ2) is 6.81. The molecule has 0 heterocycles. The number of aliphatic hydroxyl groups is 1. The largest absolute Gasteiger partial charge is 0.484 e. The zero-order valence-electron chi connectivity index (χ0n) is 10.8. The number of benzene rings is 1. The second-order valence-electron chi connectivity index (χ2n) is 4.08. The molecule has 18 heavy (non-hydrogen) atoms. The Morgan fingerprint density at radius 3 is 2.89 bits per heavy atom. The van der Waals surface area contributed by atoms with E-state index in [-0.39, 0.29) is 12.5 Å². The van der Waals surface area contributed by atoms with E-state index in [2.05, 4.69) is 11.9 Å². The standard InChI is InChI=1S/C14H19NO3/c1-4-7-15-14(17)9-18-13-6-5-12(11(3)16)8-10(13)2/h4-6,8,11,16H,1,7,9H2,2-3H3,(H,15,17)/t11-/m0/s1. The number of rotatable bonds is 6. The Morgan fingerprint density at radius 2 is 2.33 bits per heavy atom. The number of amides is 1. The van der Waals surface area contributed by atoms with Gasteiger partial charge in [0.15, 0.2) is 6.61 Å². The highest BCUT2D eigenvalue weighted by Gasteiger charge is 2.07. The lowest BCUT2D eigenvalue weighted by Crippen LogP contribution is -2.28. The fraction of sp³-hybridized carbons (Fsp3) is 0.357. The van der Waals surface area contributed by atoms with Crippen molar-refractivity contribution < 1.29 is 14.6 Å². The van der Waals surface area contributed by atoms with Crippen LogP contribution in [0, 0.1) is 6.92 Å². The molecule has 0 aliphatic carbocycles. The number of carbonyl (C=O) groups excluding carboxylic acids is 1. The normalized spacial score (nSPS) is 11.7. The van der Waals surface area contributed by atoms with Gasteiger partial charge in [-0.05, 0) is 37.1 Å². The zero-order chi connectivity index (χ0) is 13.5. The molecular formula is C14H19NO3. The van der Waals surface area contributed by atoms with Crippen molar-refractivity contribution in [2.24, 2.45) is 0 Å². The molecule has 1 aromatic rings. The maximum absolute atomic E-state index is 11.3. The van der Waals surface area contributed by atoms with Crippen LogP contribution in [0.5, 0.6) is 5.75 Å². The molecule has 0 unspecified atom stereocenters. The zero-order valence-corrected chi connectivity index (χ0v) is 10.8. The topological polar surface area (TPSA) is 58.6 Å². The lowest BCUT2D eigenvalue weighted by atomic mass is 10.1. The molecule has 0 aliphatic heterocycles.